The third-order valence-electron chi connectivity index (χ3n) is 4.20. The molecule has 0 bridgehead atoms. The molecular formula is C19H24N4O3. The second-order valence-electron chi connectivity index (χ2n) is 5.97. The standard InChI is InChI=1S/C19H24N4O3/c1-25-17-6-2-4-15(12-17)13-21-19(24)22-14-16-5-3-7-20-18(16)23-8-10-26-11-9-23/h2-7,12H,8-11,13-14H2,1H3,(H2,21,22,24). The van der Waals surface area contributed by atoms with E-state index in [0.717, 1.165) is 35.8 Å². The Bertz CT molecular complexity index is 732. The third kappa shape index (κ3) is 4.86. The number of amides is 2. The van der Waals surface area contributed by atoms with Crippen LogP contribution in [0.2, 0.25) is 0 Å². The van der Waals surface area contributed by atoms with Crippen LogP contribution in [0.3, 0.4) is 0 Å². The van der Waals surface area contributed by atoms with Crippen molar-refractivity contribution in [1.82, 2.24) is 15.6 Å². The maximum Gasteiger partial charge on any atom is 0.315 e. The van der Waals surface area contributed by atoms with Gasteiger partial charge in [-0.05, 0) is 23.8 Å². The number of methoxy groups -OCH3 is 1. The average Bonchev–Trinajstić information content (AvgIpc) is 2.71. The molecular weight excluding hydrogens is 332 g/mol. The van der Waals surface area contributed by atoms with Crippen LogP contribution in [-0.4, -0.2) is 44.4 Å². The fourth-order valence-corrected chi connectivity index (χ4v) is 2.83. The van der Waals surface area contributed by atoms with E-state index in [1.807, 2.05) is 36.4 Å². The summed E-state index contributed by atoms with van der Waals surface area (Å²) in [4.78, 5) is 18.8. The number of hydrogen-bond donors (Lipinski definition) is 2. The first-order chi connectivity index (χ1) is 12.8. The lowest BCUT2D eigenvalue weighted by Gasteiger charge is -2.29. The summed E-state index contributed by atoms with van der Waals surface area (Å²) in [5.41, 5.74) is 1.97. The highest BCUT2D eigenvalue weighted by atomic mass is 16.5. The molecule has 0 spiro atoms. The number of carbonyl (C=O) groups is 1. The van der Waals surface area contributed by atoms with Gasteiger partial charge in [0.25, 0.3) is 0 Å². The summed E-state index contributed by atoms with van der Waals surface area (Å²) in [5.74, 6) is 1.68. The summed E-state index contributed by atoms with van der Waals surface area (Å²) in [6.45, 7) is 3.88. The fourth-order valence-electron chi connectivity index (χ4n) is 2.83. The highest BCUT2D eigenvalue weighted by Gasteiger charge is 2.16. The number of morpholine rings is 1. The summed E-state index contributed by atoms with van der Waals surface area (Å²) in [6, 6.07) is 11.3. The number of carbonyl (C=O) groups excluding carboxylic acids is 1. The molecule has 1 fully saturated rings. The quantitative estimate of drug-likeness (QED) is 0.827. The van der Waals surface area contributed by atoms with Crippen LogP contribution in [0, 0.1) is 0 Å². The molecule has 2 heterocycles. The number of nitrogens with one attached hydrogen (secondary N) is 2. The summed E-state index contributed by atoms with van der Waals surface area (Å²) in [5, 5.41) is 5.76. The van der Waals surface area contributed by atoms with Gasteiger partial charge >= 0.3 is 6.03 Å². The molecule has 0 radical (unpaired) electrons. The van der Waals surface area contributed by atoms with Crippen molar-refractivity contribution in [3.8, 4) is 5.75 Å². The van der Waals surface area contributed by atoms with Gasteiger partial charge in [-0.1, -0.05) is 18.2 Å². The van der Waals surface area contributed by atoms with E-state index in [4.69, 9.17) is 9.47 Å². The van der Waals surface area contributed by atoms with Crippen molar-refractivity contribution >= 4 is 11.8 Å². The Morgan fingerprint density at radius 2 is 2.00 bits per heavy atom. The van der Waals surface area contributed by atoms with Gasteiger partial charge in [-0.3, -0.25) is 0 Å². The molecule has 3 rings (SSSR count). The summed E-state index contributed by atoms with van der Waals surface area (Å²) in [6.07, 6.45) is 1.77. The Morgan fingerprint density at radius 1 is 1.19 bits per heavy atom. The molecule has 7 heteroatoms. The molecule has 1 aliphatic heterocycles. The minimum absolute atomic E-state index is 0.218. The summed E-state index contributed by atoms with van der Waals surface area (Å²) >= 11 is 0. The number of pyridine rings is 1. The van der Waals surface area contributed by atoms with Crippen LogP contribution in [0.15, 0.2) is 42.6 Å². The van der Waals surface area contributed by atoms with Gasteiger partial charge in [-0.2, -0.15) is 0 Å². The van der Waals surface area contributed by atoms with Crippen molar-refractivity contribution in [3.63, 3.8) is 0 Å². The van der Waals surface area contributed by atoms with E-state index in [-0.39, 0.29) is 6.03 Å². The Labute approximate surface area is 153 Å². The second-order valence-corrected chi connectivity index (χ2v) is 5.97. The molecule has 138 valence electrons. The fraction of sp³-hybridized carbons (Fsp3) is 0.368. The lowest BCUT2D eigenvalue weighted by Crippen LogP contribution is -2.38. The molecule has 1 aliphatic rings. The van der Waals surface area contributed by atoms with Crippen LogP contribution >= 0.6 is 0 Å². The van der Waals surface area contributed by atoms with Crippen LogP contribution in [0.4, 0.5) is 10.6 Å². The van der Waals surface area contributed by atoms with E-state index < -0.39 is 0 Å². The zero-order chi connectivity index (χ0) is 18.2. The van der Waals surface area contributed by atoms with Crippen molar-refractivity contribution in [2.24, 2.45) is 0 Å². The van der Waals surface area contributed by atoms with Gasteiger partial charge in [0.15, 0.2) is 0 Å². The Morgan fingerprint density at radius 3 is 2.81 bits per heavy atom. The molecule has 1 saturated heterocycles. The van der Waals surface area contributed by atoms with Crippen LogP contribution in [0.25, 0.3) is 0 Å². The van der Waals surface area contributed by atoms with E-state index in [1.54, 1.807) is 13.3 Å². The Balaban J connectivity index is 1.53. The van der Waals surface area contributed by atoms with Gasteiger partial charge in [0, 0.05) is 37.9 Å². The molecule has 26 heavy (non-hydrogen) atoms. The normalized spacial score (nSPS) is 14.0. The number of hydrogen-bond acceptors (Lipinski definition) is 5. The molecule has 2 amide bonds. The highest BCUT2D eigenvalue weighted by molar-refractivity contribution is 5.74. The van der Waals surface area contributed by atoms with Crippen molar-refractivity contribution in [1.29, 1.82) is 0 Å². The van der Waals surface area contributed by atoms with Gasteiger partial charge in [0.05, 0.1) is 20.3 Å². The second kappa shape index (κ2) is 9.05. The zero-order valence-electron chi connectivity index (χ0n) is 14.9. The Hall–Kier alpha value is -2.80. The lowest BCUT2D eigenvalue weighted by atomic mass is 10.2. The first-order valence-corrected chi connectivity index (χ1v) is 8.67. The van der Waals surface area contributed by atoms with E-state index in [0.29, 0.717) is 26.3 Å². The first kappa shape index (κ1) is 18.0. The number of ether oxygens (including phenoxy) is 2. The molecule has 0 aliphatic carbocycles. The Kier molecular flexibility index (Phi) is 6.27. The molecule has 1 aromatic heterocycles. The number of rotatable bonds is 6. The van der Waals surface area contributed by atoms with Crippen molar-refractivity contribution < 1.29 is 14.3 Å². The number of anilines is 1. The van der Waals surface area contributed by atoms with Crippen molar-refractivity contribution in [2.75, 3.05) is 38.3 Å². The van der Waals surface area contributed by atoms with E-state index in [2.05, 4.69) is 20.5 Å². The molecule has 0 atom stereocenters. The van der Waals surface area contributed by atoms with Crippen LogP contribution < -0.4 is 20.3 Å². The SMILES string of the molecule is COc1cccc(CNC(=O)NCc2cccnc2N2CCOCC2)c1. The topological polar surface area (TPSA) is 75.7 Å². The predicted octanol–water partition coefficient (Wildman–Crippen LogP) is 1.93. The average molecular weight is 356 g/mol. The number of urea groups is 1. The van der Waals surface area contributed by atoms with Crippen molar-refractivity contribution in [2.45, 2.75) is 13.1 Å². The van der Waals surface area contributed by atoms with E-state index in [1.165, 1.54) is 0 Å². The van der Waals surface area contributed by atoms with Gasteiger partial charge < -0.3 is 25.0 Å². The van der Waals surface area contributed by atoms with Crippen LogP contribution in [0.5, 0.6) is 5.75 Å². The highest BCUT2D eigenvalue weighted by Crippen LogP contribution is 2.18. The molecule has 7 nitrogen and oxygen atoms in total. The van der Waals surface area contributed by atoms with E-state index in [9.17, 15) is 4.79 Å². The third-order valence-corrected chi connectivity index (χ3v) is 4.20. The number of aromatic nitrogens is 1. The minimum atomic E-state index is -0.218. The van der Waals surface area contributed by atoms with Gasteiger partial charge in [0.2, 0.25) is 0 Å². The van der Waals surface area contributed by atoms with Gasteiger partial charge in [-0.15, -0.1) is 0 Å². The maximum atomic E-state index is 12.1. The maximum absolute atomic E-state index is 12.1. The predicted molar refractivity (Wildman–Crippen MR) is 99.3 cm³/mol. The number of benzene rings is 1. The summed E-state index contributed by atoms with van der Waals surface area (Å²) < 4.78 is 10.6. The smallest absolute Gasteiger partial charge is 0.315 e. The molecule has 0 saturated carbocycles. The van der Waals surface area contributed by atoms with Crippen LogP contribution in [0.1, 0.15) is 11.1 Å². The van der Waals surface area contributed by atoms with Gasteiger partial charge in [0.1, 0.15) is 11.6 Å². The molecule has 0 unspecified atom stereocenters. The largest absolute Gasteiger partial charge is 0.497 e. The zero-order valence-corrected chi connectivity index (χ0v) is 14.9. The monoisotopic (exact) mass is 356 g/mol. The van der Waals surface area contributed by atoms with E-state index >= 15 is 0 Å². The van der Waals surface area contributed by atoms with Crippen LogP contribution in [-0.2, 0) is 17.8 Å². The number of nitrogens with zero attached hydrogens (tertiary/aromatic N) is 2. The lowest BCUT2D eigenvalue weighted by molar-refractivity contribution is 0.122. The minimum Gasteiger partial charge on any atom is -0.497 e. The first-order valence-electron chi connectivity index (χ1n) is 8.67. The molecule has 1 aromatic carbocycles. The molecule has 2 N–H and O–H groups in total. The van der Waals surface area contributed by atoms with Gasteiger partial charge in [-0.25, -0.2) is 9.78 Å². The molecule has 2 aromatic rings. The van der Waals surface area contributed by atoms with Crippen molar-refractivity contribution in [3.05, 3.63) is 53.7 Å². The summed E-state index contributed by atoms with van der Waals surface area (Å²) in [7, 11) is 1.62.